The van der Waals surface area contributed by atoms with Crippen LogP contribution in [-0.2, 0) is 6.54 Å². The Morgan fingerprint density at radius 3 is 2.83 bits per heavy atom. The number of hydrogen-bond donors (Lipinski definition) is 3. The highest BCUT2D eigenvalue weighted by Gasteiger charge is 2.10. The maximum absolute atomic E-state index is 9.37. The first-order valence-electron chi connectivity index (χ1n) is 4.13. The van der Waals surface area contributed by atoms with Crippen molar-refractivity contribution in [2.75, 3.05) is 6.54 Å². The van der Waals surface area contributed by atoms with Crippen LogP contribution >= 0.6 is 0 Å². The molecular weight excluding hydrogens is 152 g/mol. The standard InChI is InChI=1S/C9H16N2O/c1-9(2,12)7-10-6-8-4-3-5-11-8/h3-5,10-12H,6-7H2,1-2H3. The van der Waals surface area contributed by atoms with Crippen molar-refractivity contribution in [1.29, 1.82) is 0 Å². The second-order valence-electron chi connectivity index (χ2n) is 3.61. The molecule has 1 aromatic heterocycles. The van der Waals surface area contributed by atoms with Crippen molar-refractivity contribution in [2.45, 2.75) is 26.0 Å². The summed E-state index contributed by atoms with van der Waals surface area (Å²) in [5, 5.41) is 12.5. The fourth-order valence-corrected chi connectivity index (χ4v) is 0.981. The van der Waals surface area contributed by atoms with Gasteiger partial charge in [0, 0.05) is 25.0 Å². The molecule has 0 atom stereocenters. The van der Waals surface area contributed by atoms with E-state index in [1.54, 1.807) is 13.8 Å². The molecule has 0 aliphatic heterocycles. The average Bonchev–Trinajstić information content (AvgIpc) is 2.36. The molecule has 0 spiro atoms. The fraction of sp³-hybridized carbons (Fsp3) is 0.556. The van der Waals surface area contributed by atoms with Crippen molar-refractivity contribution in [3.8, 4) is 0 Å². The van der Waals surface area contributed by atoms with Crippen LogP contribution in [0, 0.1) is 0 Å². The fourth-order valence-electron chi connectivity index (χ4n) is 0.981. The largest absolute Gasteiger partial charge is 0.389 e. The molecule has 0 unspecified atom stereocenters. The van der Waals surface area contributed by atoms with Gasteiger partial charge in [-0.2, -0.15) is 0 Å². The van der Waals surface area contributed by atoms with Crippen LogP contribution in [0.3, 0.4) is 0 Å². The zero-order chi connectivity index (χ0) is 9.03. The Bertz CT molecular complexity index is 211. The highest BCUT2D eigenvalue weighted by atomic mass is 16.3. The number of hydrogen-bond acceptors (Lipinski definition) is 2. The summed E-state index contributed by atoms with van der Waals surface area (Å²) in [4.78, 5) is 3.08. The van der Waals surface area contributed by atoms with E-state index >= 15 is 0 Å². The molecule has 3 heteroatoms. The number of H-pyrrole nitrogens is 1. The molecule has 0 saturated heterocycles. The molecule has 0 aliphatic carbocycles. The first-order valence-corrected chi connectivity index (χ1v) is 4.13. The van der Waals surface area contributed by atoms with Crippen molar-refractivity contribution in [1.82, 2.24) is 10.3 Å². The Labute approximate surface area is 72.8 Å². The van der Waals surface area contributed by atoms with Gasteiger partial charge in [-0.15, -0.1) is 0 Å². The SMILES string of the molecule is CC(C)(O)CNCc1ccc[nH]1. The Morgan fingerprint density at radius 1 is 1.58 bits per heavy atom. The zero-order valence-electron chi connectivity index (χ0n) is 7.59. The molecule has 0 amide bonds. The highest BCUT2D eigenvalue weighted by molar-refractivity contribution is 5.02. The molecule has 0 saturated carbocycles. The van der Waals surface area contributed by atoms with E-state index in [0.29, 0.717) is 6.54 Å². The molecule has 3 nitrogen and oxygen atoms in total. The maximum atomic E-state index is 9.37. The van der Waals surface area contributed by atoms with E-state index in [1.807, 2.05) is 18.3 Å². The summed E-state index contributed by atoms with van der Waals surface area (Å²) in [6.07, 6.45) is 1.89. The first kappa shape index (κ1) is 9.29. The predicted molar refractivity (Wildman–Crippen MR) is 48.8 cm³/mol. The molecular formula is C9H16N2O. The van der Waals surface area contributed by atoms with Crippen LogP contribution in [0.25, 0.3) is 0 Å². The summed E-state index contributed by atoms with van der Waals surface area (Å²) < 4.78 is 0. The third-order valence-corrected chi connectivity index (χ3v) is 1.54. The zero-order valence-corrected chi connectivity index (χ0v) is 7.59. The summed E-state index contributed by atoms with van der Waals surface area (Å²) in [5.74, 6) is 0. The summed E-state index contributed by atoms with van der Waals surface area (Å²) >= 11 is 0. The van der Waals surface area contributed by atoms with Gasteiger partial charge in [-0.3, -0.25) is 0 Å². The normalized spacial score (nSPS) is 11.9. The highest BCUT2D eigenvalue weighted by Crippen LogP contribution is 1.99. The van der Waals surface area contributed by atoms with Gasteiger partial charge >= 0.3 is 0 Å². The number of nitrogens with one attached hydrogen (secondary N) is 2. The van der Waals surface area contributed by atoms with Gasteiger partial charge in [0.2, 0.25) is 0 Å². The van der Waals surface area contributed by atoms with Crippen LogP contribution in [-0.4, -0.2) is 22.2 Å². The van der Waals surface area contributed by atoms with Gasteiger partial charge in [-0.25, -0.2) is 0 Å². The van der Waals surface area contributed by atoms with Crippen molar-refractivity contribution < 1.29 is 5.11 Å². The second kappa shape index (κ2) is 3.74. The van der Waals surface area contributed by atoms with E-state index in [9.17, 15) is 5.11 Å². The average molecular weight is 168 g/mol. The summed E-state index contributed by atoms with van der Waals surface area (Å²) in [6.45, 7) is 4.95. The lowest BCUT2D eigenvalue weighted by Gasteiger charge is -2.17. The minimum absolute atomic E-state index is 0.603. The Balaban J connectivity index is 2.20. The van der Waals surface area contributed by atoms with Gasteiger partial charge < -0.3 is 15.4 Å². The van der Waals surface area contributed by atoms with Gasteiger partial charge in [0.15, 0.2) is 0 Å². The van der Waals surface area contributed by atoms with Gasteiger partial charge in [0.05, 0.1) is 5.60 Å². The van der Waals surface area contributed by atoms with Gasteiger partial charge in [-0.1, -0.05) is 0 Å². The molecule has 1 rings (SSSR count). The molecule has 12 heavy (non-hydrogen) atoms. The lowest BCUT2D eigenvalue weighted by molar-refractivity contribution is 0.0794. The van der Waals surface area contributed by atoms with Crippen LogP contribution in [0.2, 0.25) is 0 Å². The molecule has 0 aliphatic rings. The Hall–Kier alpha value is -0.800. The summed E-state index contributed by atoms with van der Waals surface area (Å²) in [6, 6.07) is 3.97. The molecule has 68 valence electrons. The van der Waals surface area contributed by atoms with Crippen LogP contribution in [0.5, 0.6) is 0 Å². The Kier molecular flexibility index (Phi) is 2.89. The third-order valence-electron chi connectivity index (χ3n) is 1.54. The molecule has 1 aromatic rings. The first-order chi connectivity index (χ1) is 5.58. The van der Waals surface area contributed by atoms with Gasteiger partial charge in [0.25, 0.3) is 0 Å². The molecule has 0 radical (unpaired) electrons. The molecule has 0 bridgehead atoms. The molecule has 1 heterocycles. The van der Waals surface area contributed by atoms with Crippen molar-refractivity contribution >= 4 is 0 Å². The van der Waals surface area contributed by atoms with Crippen molar-refractivity contribution in [2.24, 2.45) is 0 Å². The quantitative estimate of drug-likeness (QED) is 0.625. The minimum atomic E-state index is -0.632. The predicted octanol–water partition coefficient (Wildman–Crippen LogP) is 0.875. The molecule has 0 fully saturated rings. The monoisotopic (exact) mass is 168 g/mol. The van der Waals surface area contributed by atoms with E-state index in [4.69, 9.17) is 0 Å². The van der Waals surface area contributed by atoms with Gasteiger partial charge in [0.1, 0.15) is 0 Å². The van der Waals surface area contributed by atoms with Crippen LogP contribution < -0.4 is 5.32 Å². The number of rotatable bonds is 4. The van der Waals surface area contributed by atoms with Crippen LogP contribution in [0.1, 0.15) is 19.5 Å². The topological polar surface area (TPSA) is 48.0 Å². The van der Waals surface area contributed by atoms with E-state index in [-0.39, 0.29) is 0 Å². The van der Waals surface area contributed by atoms with Crippen molar-refractivity contribution in [3.63, 3.8) is 0 Å². The minimum Gasteiger partial charge on any atom is -0.389 e. The van der Waals surface area contributed by atoms with Gasteiger partial charge in [-0.05, 0) is 26.0 Å². The van der Waals surface area contributed by atoms with E-state index in [2.05, 4.69) is 10.3 Å². The molecule has 0 aromatic carbocycles. The van der Waals surface area contributed by atoms with E-state index in [1.165, 1.54) is 0 Å². The number of aromatic nitrogens is 1. The third kappa shape index (κ3) is 3.55. The van der Waals surface area contributed by atoms with Crippen LogP contribution in [0.4, 0.5) is 0 Å². The Morgan fingerprint density at radius 2 is 2.33 bits per heavy atom. The lowest BCUT2D eigenvalue weighted by atomic mass is 10.1. The number of aliphatic hydroxyl groups is 1. The molecule has 3 N–H and O–H groups in total. The van der Waals surface area contributed by atoms with Crippen molar-refractivity contribution in [3.05, 3.63) is 24.0 Å². The summed E-state index contributed by atoms with van der Waals surface area (Å²) in [7, 11) is 0. The number of aromatic amines is 1. The maximum Gasteiger partial charge on any atom is 0.0715 e. The second-order valence-corrected chi connectivity index (χ2v) is 3.61. The van der Waals surface area contributed by atoms with E-state index in [0.717, 1.165) is 12.2 Å². The van der Waals surface area contributed by atoms with Crippen LogP contribution in [0.15, 0.2) is 18.3 Å². The smallest absolute Gasteiger partial charge is 0.0715 e. The lowest BCUT2D eigenvalue weighted by Crippen LogP contribution is -2.34. The summed E-state index contributed by atoms with van der Waals surface area (Å²) in [5.41, 5.74) is 0.506. The van der Waals surface area contributed by atoms with E-state index < -0.39 is 5.60 Å².